The Morgan fingerprint density at radius 2 is 1.87 bits per heavy atom. The van der Waals surface area contributed by atoms with Gasteiger partial charge in [-0.1, -0.05) is 31.0 Å². The van der Waals surface area contributed by atoms with E-state index < -0.39 is 0 Å². The fraction of sp³-hybridized carbons (Fsp3) is 0.522. The zero-order chi connectivity index (χ0) is 20.8. The van der Waals surface area contributed by atoms with Crippen LogP contribution >= 0.6 is 0 Å². The number of nitrogens with one attached hydrogen (secondary N) is 1. The third kappa shape index (κ3) is 3.16. The lowest BCUT2D eigenvalue weighted by molar-refractivity contribution is 0.0550. The molecule has 3 amide bonds. The molecule has 0 bridgehead atoms. The molecule has 30 heavy (non-hydrogen) atoms. The summed E-state index contributed by atoms with van der Waals surface area (Å²) in [6.07, 6.45) is 4.61. The summed E-state index contributed by atoms with van der Waals surface area (Å²) in [6.45, 7) is 6.17. The van der Waals surface area contributed by atoms with Gasteiger partial charge in [0.15, 0.2) is 0 Å². The van der Waals surface area contributed by atoms with E-state index in [9.17, 15) is 9.59 Å². The minimum atomic E-state index is 0.00586. The maximum atomic E-state index is 13.3. The topological polar surface area (TPSA) is 70.5 Å². The molecule has 1 atom stereocenters. The Morgan fingerprint density at radius 3 is 2.57 bits per heavy atom. The first-order chi connectivity index (χ1) is 14.5. The van der Waals surface area contributed by atoms with Crippen LogP contribution in [0.1, 0.15) is 60.4 Å². The highest BCUT2D eigenvalue weighted by Crippen LogP contribution is 2.38. The van der Waals surface area contributed by atoms with Crippen LogP contribution < -0.4 is 5.32 Å². The minimum Gasteiger partial charge on any atom is -0.335 e. The van der Waals surface area contributed by atoms with E-state index in [1.807, 2.05) is 47.1 Å². The molecule has 1 aromatic heterocycles. The number of fused-ring (bicyclic) bond motifs is 1. The largest absolute Gasteiger partial charge is 0.335 e. The average Bonchev–Trinajstić information content (AvgIpc) is 3.39. The van der Waals surface area contributed by atoms with Crippen molar-refractivity contribution in [1.29, 1.82) is 0 Å². The molecule has 1 aliphatic carbocycles. The van der Waals surface area contributed by atoms with Gasteiger partial charge in [0, 0.05) is 37.2 Å². The summed E-state index contributed by atoms with van der Waals surface area (Å²) in [6, 6.07) is 10.2. The molecule has 1 N–H and O–H groups in total. The summed E-state index contributed by atoms with van der Waals surface area (Å²) in [4.78, 5) is 29.5. The summed E-state index contributed by atoms with van der Waals surface area (Å²) in [5, 5.41) is 7.79. The number of hydrogen-bond acceptors (Lipinski definition) is 3. The first kappa shape index (κ1) is 19.2. The second-order valence-corrected chi connectivity index (χ2v) is 8.93. The van der Waals surface area contributed by atoms with Crippen LogP contribution in [0.4, 0.5) is 4.79 Å². The summed E-state index contributed by atoms with van der Waals surface area (Å²) in [5.41, 5.74) is 3.52. The maximum absolute atomic E-state index is 13.3. The molecule has 5 rings (SSSR count). The van der Waals surface area contributed by atoms with Crippen molar-refractivity contribution < 1.29 is 9.59 Å². The number of benzene rings is 1. The quantitative estimate of drug-likeness (QED) is 0.846. The number of amides is 3. The molecule has 2 fully saturated rings. The Bertz CT molecular complexity index is 957. The Kier molecular flexibility index (Phi) is 4.76. The van der Waals surface area contributed by atoms with Gasteiger partial charge >= 0.3 is 6.03 Å². The molecular formula is C23H29N5O2. The Morgan fingerprint density at radius 1 is 1.17 bits per heavy atom. The molecule has 7 heteroatoms. The molecule has 1 saturated heterocycles. The van der Waals surface area contributed by atoms with Gasteiger partial charge in [0.1, 0.15) is 5.69 Å². The summed E-state index contributed by atoms with van der Waals surface area (Å²) >= 11 is 0. The SMILES string of the molecule is Cc1nn(-c2ccccc2)c2c1C(C)N(CC1CN(C(=O)NC3CCCC3)C1)C2=O. The molecule has 0 spiro atoms. The number of aromatic nitrogens is 2. The van der Waals surface area contributed by atoms with E-state index >= 15 is 0 Å². The molecule has 3 heterocycles. The van der Waals surface area contributed by atoms with Gasteiger partial charge in [-0.2, -0.15) is 5.10 Å². The van der Waals surface area contributed by atoms with Crippen molar-refractivity contribution in [2.24, 2.45) is 5.92 Å². The van der Waals surface area contributed by atoms with Crippen molar-refractivity contribution in [2.45, 2.75) is 51.6 Å². The van der Waals surface area contributed by atoms with E-state index in [1.54, 1.807) is 4.68 Å². The number of carbonyl (C=O) groups excluding carboxylic acids is 2. The highest BCUT2D eigenvalue weighted by Gasteiger charge is 2.43. The van der Waals surface area contributed by atoms with Crippen LogP contribution in [0.15, 0.2) is 30.3 Å². The van der Waals surface area contributed by atoms with Gasteiger partial charge in [-0.15, -0.1) is 0 Å². The van der Waals surface area contributed by atoms with Gasteiger partial charge in [-0.25, -0.2) is 9.48 Å². The number of para-hydroxylation sites is 1. The van der Waals surface area contributed by atoms with Crippen molar-refractivity contribution in [3.05, 3.63) is 47.3 Å². The van der Waals surface area contributed by atoms with Crippen molar-refractivity contribution in [3.8, 4) is 5.69 Å². The zero-order valence-electron chi connectivity index (χ0n) is 17.7. The predicted octanol–water partition coefficient (Wildman–Crippen LogP) is 3.28. The summed E-state index contributed by atoms with van der Waals surface area (Å²) in [5.74, 6) is 0.365. The van der Waals surface area contributed by atoms with E-state index in [1.165, 1.54) is 12.8 Å². The fourth-order valence-electron chi connectivity index (χ4n) is 5.18. The van der Waals surface area contributed by atoms with E-state index in [0.29, 0.717) is 24.2 Å². The van der Waals surface area contributed by atoms with Gasteiger partial charge < -0.3 is 15.1 Å². The molecule has 0 radical (unpaired) electrons. The highest BCUT2D eigenvalue weighted by atomic mass is 16.2. The van der Waals surface area contributed by atoms with Crippen molar-refractivity contribution in [3.63, 3.8) is 0 Å². The van der Waals surface area contributed by atoms with Gasteiger partial charge in [0.25, 0.3) is 5.91 Å². The molecule has 2 aromatic rings. The van der Waals surface area contributed by atoms with Crippen molar-refractivity contribution >= 4 is 11.9 Å². The number of aryl methyl sites for hydroxylation is 1. The summed E-state index contributed by atoms with van der Waals surface area (Å²) in [7, 11) is 0. The molecular weight excluding hydrogens is 378 g/mol. The molecule has 1 aromatic carbocycles. The van der Waals surface area contributed by atoms with E-state index in [4.69, 9.17) is 0 Å². The Labute approximate surface area is 177 Å². The highest BCUT2D eigenvalue weighted by molar-refractivity contribution is 5.98. The summed E-state index contributed by atoms with van der Waals surface area (Å²) < 4.78 is 1.78. The van der Waals surface area contributed by atoms with Gasteiger partial charge in [0.2, 0.25) is 0 Å². The average molecular weight is 408 g/mol. The van der Waals surface area contributed by atoms with Crippen LogP contribution in [-0.4, -0.2) is 57.2 Å². The van der Waals surface area contributed by atoms with E-state index in [0.717, 1.165) is 42.9 Å². The molecule has 1 saturated carbocycles. The predicted molar refractivity (Wildman–Crippen MR) is 114 cm³/mol. The normalized spacial score (nSPS) is 21.8. The van der Waals surface area contributed by atoms with Crippen LogP contribution in [0.3, 0.4) is 0 Å². The molecule has 158 valence electrons. The second-order valence-electron chi connectivity index (χ2n) is 8.93. The Hall–Kier alpha value is -2.83. The third-order valence-electron chi connectivity index (χ3n) is 6.84. The van der Waals surface area contributed by atoms with Crippen LogP contribution in [0, 0.1) is 12.8 Å². The standard InChI is InChI=1S/C23H29N5O2/c1-15-20-16(2)27(22(29)21(20)28(25-15)19-10-4-3-5-11-19)14-17-12-26(13-17)23(30)24-18-8-6-7-9-18/h3-5,10-11,16-18H,6-9,12-14H2,1-2H3,(H,24,30). The van der Waals surface area contributed by atoms with Crippen molar-refractivity contribution in [2.75, 3.05) is 19.6 Å². The van der Waals surface area contributed by atoms with Gasteiger partial charge in [-0.3, -0.25) is 4.79 Å². The molecule has 2 aliphatic heterocycles. The molecule has 7 nitrogen and oxygen atoms in total. The number of rotatable bonds is 4. The van der Waals surface area contributed by atoms with Crippen molar-refractivity contribution in [1.82, 2.24) is 24.9 Å². The number of nitrogens with zero attached hydrogens (tertiary/aromatic N) is 4. The number of carbonyl (C=O) groups is 2. The zero-order valence-corrected chi connectivity index (χ0v) is 17.7. The van der Waals surface area contributed by atoms with E-state index in [2.05, 4.69) is 17.3 Å². The second kappa shape index (κ2) is 7.45. The lowest BCUT2D eigenvalue weighted by Crippen LogP contribution is -2.58. The van der Waals surface area contributed by atoms with E-state index in [-0.39, 0.29) is 18.0 Å². The first-order valence-corrected chi connectivity index (χ1v) is 11.0. The monoisotopic (exact) mass is 407 g/mol. The lowest BCUT2D eigenvalue weighted by atomic mass is 9.99. The maximum Gasteiger partial charge on any atom is 0.317 e. The minimum absolute atomic E-state index is 0.00586. The Balaban J connectivity index is 1.25. The van der Waals surface area contributed by atoms with Crippen LogP contribution in [0.5, 0.6) is 0 Å². The van der Waals surface area contributed by atoms with Gasteiger partial charge in [-0.05, 0) is 38.8 Å². The smallest absolute Gasteiger partial charge is 0.317 e. The number of likely N-dealkylation sites (tertiary alicyclic amines) is 1. The first-order valence-electron chi connectivity index (χ1n) is 11.0. The lowest BCUT2D eigenvalue weighted by Gasteiger charge is -2.42. The number of hydrogen-bond donors (Lipinski definition) is 1. The fourth-order valence-corrected chi connectivity index (χ4v) is 5.18. The van der Waals surface area contributed by atoms with Gasteiger partial charge in [0.05, 0.1) is 17.4 Å². The molecule has 1 unspecified atom stereocenters. The number of urea groups is 1. The van der Waals surface area contributed by atoms with Crippen LogP contribution in [0.25, 0.3) is 5.69 Å². The van der Waals surface area contributed by atoms with Crippen LogP contribution in [-0.2, 0) is 0 Å². The third-order valence-corrected chi connectivity index (χ3v) is 6.84. The molecule has 3 aliphatic rings. The van der Waals surface area contributed by atoms with Crippen LogP contribution in [0.2, 0.25) is 0 Å².